The molecular formula is C14H26N2O3. The second-order valence-corrected chi connectivity index (χ2v) is 5.75. The van der Waals surface area contributed by atoms with Crippen LogP contribution in [-0.2, 0) is 9.59 Å². The number of amides is 1. The standard InChI is InChI=1S/C14H26N2O3/c1-15(2)9-6-10-16(3)13(17)11-7-4-5-8-12(11)14(18)19/h11-12H,4-10H2,1-3H3,(H,18,19). The molecule has 1 aliphatic rings. The smallest absolute Gasteiger partial charge is 0.307 e. The van der Waals surface area contributed by atoms with Gasteiger partial charge >= 0.3 is 5.97 Å². The van der Waals surface area contributed by atoms with Crippen molar-refractivity contribution in [3.8, 4) is 0 Å². The number of hydrogen-bond acceptors (Lipinski definition) is 3. The molecule has 1 saturated carbocycles. The van der Waals surface area contributed by atoms with Crippen molar-refractivity contribution in [1.29, 1.82) is 0 Å². The molecule has 1 aliphatic carbocycles. The molecular weight excluding hydrogens is 244 g/mol. The second kappa shape index (κ2) is 7.48. The molecule has 0 aromatic rings. The van der Waals surface area contributed by atoms with E-state index in [1.807, 2.05) is 14.1 Å². The van der Waals surface area contributed by atoms with Crippen LogP contribution in [0.3, 0.4) is 0 Å². The van der Waals surface area contributed by atoms with Gasteiger partial charge < -0.3 is 14.9 Å². The minimum Gasteiger partial charge on any atom is -0.481 e. The molecule has 2 unspecified atom stereocenters. The maximum atomic E-state index is 12.3. The van der Waals surface area contributed by atoms with Crippen LogP contribution in [0.15, 0.2) is 0 Å². The molecule has 0 aliphatic heterocycles. The lowest BCUT2D eigenvalue weighted by molar-refractivity contribution is -0.151. The van der Waals surface area contributed by atoms with Crippen LogP contribution in [0.4, 0.5) is 0 Å². The van der Waals surface area contributed by atoms with Crippen molar-refractivity contribution in [3.05, 3.63) is 0 Å². The summed E-state index contributed by atoms with van der Waals surface area (Å²) in [5.74, 6) is -1.63. The molecule has 0 aromatic heterocycles. The Hall–Kier alpha value is -1.10. The quantitative estimate of drug-likeness (QED) is 0.790. The number of rotatable bonds is 6. The first kappa shape index (κ1) is 16.0. The van der Waals surface area contributed by atoms with Crippen LogP contribution in [0.5, 0.6) is 0 Å². The van der Waals surface area contributed by atoms with Gasteiger partial charge in [0.25, 0.3) is 0 Å². The molecule has 0 heterocycles. The van der Waals surface area contributed by atoms with Gasteiger partial charge in [-0.25, -0.2) is 0 Å². The SMILES string of the molecule is CN(C)CCCN(C)C(=O)C1CCCCC1C(=O)O. The van der Waals surface area contributed by atoms with Crippen LogP contribution in [0.25, 0.3) is 0 Å². The van der Waals surface area contributed by atoms with Crippen LogP contribution in [0.1, 0.15) is 32.1 Å². The highest BCUT2D eigenvalue weighted by atomic mass is 16.4. The van der Waals surface area contributed by atoms with Crippen molar-refractivity contribution in [2.45, 2.75) is 32.1 Å². The summed E-state index contributed by atoms with van der Waals surface area (Å²) in [5, 5.41) is 9.21. The summed E-state index contributed by atoms with van der Waals surface area (Å²) in [6.07, 6.45) is 4.15. The number of nitrogens with zero attached hydrogens (tertiary/aromatic N) is 2. The van der Waals surface area contributed by atoms with Gasteiger partial charge in [0.1, 0.15) is 0 Å². The maximum absolute atomic E-state index is 12.3. The molecule has 19 heavy (non-hydrogen) atoms. The first-order valence-electron chi connectivity index (χ1n) is 7.06. The van der Waals surface area contributed by atoms with Crippen molar-refractivity contribution in [2.24, 2.45) is 11.8 Å². The number of carbonyl (C=O) groups excluding carboxylic acids is 1. The predicted octanol–water partition coefficient (Wildman–Crippen LogP) is 1.29. The maximum Gasteiger partial charge on any atom is 0.307 e. The highest BCUT2D eigenvalue weighted by Crippen LogP contribution is 2.31. The monoisotopic (exact) mass is 270 g/mol. The zero-order valence-corrected chi connectivity index (χ0v) is 12.3. The average Bonchev–Trinajstić information content (AvgIpc) is 2.37. The number of carboxylic acid groups (broad SMARTS) is 1. The Morgan fingerprint density at radius 2 is 1.63 bits per heavy atom. The van der Waals surface area contributed by atoms with Crippen molar-refractivity contribution in [1.82, 2.24) is 9.80 Å². The fourth-order valence-electron chi connectivity index (χ4n) is 2.74. The van der Waals surface area contributed by atoms with Crippen molar-refractivity contribution in [3.63, 3.8) is 0 Å². The summed E-state index contributed by atoms with van der Waals surface area (Å²) < 4.78 is 0. The van der Waals surface area contributed by atoms with E-state index in [0.717, 1.165) is 25.8 Å². The molecule has 0 spiro atoms. The van der Waals surface area contributed by atoms with Crippen LogP contribution in [0, 0.1) is 11.8 Å². The van der Waals surface area contributed by atoms with Crippen LogP contribution >= 0.6 is 0 Å². The summed E-state index contributed by atoms with van der Waals surface area (Å²) in [6, 6.07) is 0. The third-order valence-electron chi connectivity index (χ3n) is 3.88. The molecule has 0 radical (unpaired) electrons. The van der Waals surface area contributed by atoms with E-state index in [2.05, 4.69) is 4.90 Å². The van der Waals surface area contributed by atoms with Crippen LogP contribution in [0.2, 0.25) is 0 Å². The van der Waals surface area contributed by atoms with Crippen molar-refractivity contribution in [2.75, 3.05) is 34.2 Å². The Morgan fingerprint density at radius 1 is 1.05 bits per heavy atom. The van der Waals surface area contributed by atoms with E-state index in [0.29, 0.717) is 19.4 Å². The predicted molar refractivity (Wildman–Crippen MR) is 73.9 cm³/mol. The number of hydrogen-bond donors (Lipinski definition) is 1. The molecule has 2 atom stereocenters. The second-order valence-electron chi connectivity index (χ2n) is 5.75. The van der Waals surface area contributed by atoms with Crippen LogP contribution < -0.4 is 0 Å². The highest BCUT2D eigenvalue weighted by molar-refractivity contribution is 5.84. The van der Waals surface area contributed by atoms with E-state index in [4.69, 9.17) is 0 Å². The molecule has 0 aromatic carbocycles. The number of carboxylic acids is 1. The summed E-state index contributed by atoms with van der Waals surface area (Å²) in [6.45, 7) is 1.63. The summed E-state index contributed by atoms with van der Waals surface area (Å²) in [5.41, 5.74) is 0. The largest absolute Gasteiger partial charge is 0.481 e. The Kier molecular flexibility index (Phi) is 6.28. The van der Waals surface area contributed by atoms with E-state index in [1.165, 1.54) is 0 Å². The third kappa shape index (κ3) is 4.82. The first-order valence-corrected chi connectivity index (χ1v) is 7.06. The zero-order valence-electron chi connectivity index (χ0n) is 12.3. The molecule has 1 rings (SSSR count). The van der Waals surface area contributed by atoms with Crippen molar-refractivity contribution < 1.29 is 14.7 Å². The van der Waals surface area contributed by atoms with E-state index in [9.17, 15) is 14.7 Å². The van der Waals surface area contributed by atoms with Gasteiger partial charge in [-0.05, 0) is 39.9 Å². The van der Waals surface area contributed by atoms with Crippen molar-refractivity contribution >= 4 is 11.9 Å². The van der Waals surface area contributed by atoms with Gasteiger partial charge in [0.15, 0.2) is 0 Å². The summed E-state index contributed by atoms with van der Waals surface area (Å²) >= 11 is 0. The van der Waals surface area contributed by atoms with E-state index in [1.54, 1.807) is 11.9 Å². The highest BCUT2D eigenvalue weighted by Gasteiger charge is 2.36. The fourth-order valence-corrected chi connectivity index (χ4v) is 2.74. The van der Waals surface area contributed by atoms with Gasteiger partial charge in [-0.3, -0.25) is 9.59 Å². The third-order valence-corrected chi connectivity index (χ3v) is 3.88. The van der Waals surface area contributed by atoms with Gasteiger partial charge in [0, 0.05) is 13.6 Å². The molecule has 5 heteroatoms. The van der Waals surface area contributed by atoms with Gasteiger partial charge in [-0.2, -0.15) is 0 Å². The molecule has 110 valence electrons. The lowest BCUT2D eigenvalue weighted by atomic mass is 9.78. The van der Waals surface area contributed by atoms with Gasteiger partial charge in [-0.15, -0.1) is 0 Å². The van der Waals surface area contributed by atoms with Gasteiger partial charge in [-0.1, -0.05) is 12.8 Å². The Bertz CT molecular complexity index is 318. The topological polar surface area (TPSA) is 60.9 Å². The molecule has 5 nitrogen and oxygen atoms in total. The summed E-state index contributed by atoms with van der Waals surface area (Å²) in [4.78, 5) is 27.3. The minimum absolute atomic E-state index is 0.00542. The molecule has 0 saturated heterocycles. The molecule has 1 amide bonds. The number of carbonyl (C=O) groups is 2. The minimum atomic E-state index is -0.820. The Balaban J connectivity index is 2.51. The Morgan fingerprint density at radius 3 is 2.16 bits per heavy atom. The molecule has 1 fully saturated rings. The van der Waals surface area contributed by atoms with E-state index in [-0.39, 0.29) is 11.8 Å². The lowest BCUT2D eigenvalue weighted by Gasteiger charge is -2.31. The normalized spacial score (nSPS) is 23.4. The molecule has 1 N–H and O–H groups in total. The van der Waals surface area contributed by atoms with E-state index < -0.39 is 11.9 Å². The van der Waals surface area contributed by atoms with Gasteiger partial charge in [0.2, 0.25) is 5.91 Å². The van der Waals surface area contributed by atoms with Gasteiger partial charge in [0.05, 0.1) is 11.8 Å². The molecule has 0 bridgehead atoms. The Labute approximate surface area is 115 Å². The number of aliphatic carboxylic acids is 1. The lowest BCUT2D eigenvalue weighted by Crippen LogP contribution is -2.41. The van der Waals surface area contributed by atoms with Crippen LogP contribution in [-0.4, -0.2) is 61.0 Å². The fraction of sp³-hybridized carbons (Fsp3) is 0.857. The first-order chi connectivity index (χ1) is 8.93. The summed E-state index contributed by atoms with van der Waals surface area (Å²) in [7, 11) is 5.79. The average molecular weight is 270 g/mol. The zero-order chi connectivity index (χ0) is 14.4. The van der Waals surface area contributed by atoms with E-state index >= 15 is 0 Å².